The standard InChI is InChI=1S/C25H26N8O2/c1-32-6-7-33-19(15-32)10-22(31-33)30-25(34)17-4-2-3-16(9-17)11-26-24-20-5-8-35-23(20)21(14-27-24)18-12-28-29-13-18/h2-4,9-10,12-14H,5-8,11,15H2,1H3,(H,26,27)(H,28,29)(H,30,31,34). The molecular formula is C25H26N8O2. The Morgan fingerprint density at radius 3 is 3.06 bits per heavy atom. The van der Waals surface area contributed by atoms with Crippen LogP contribution < -0.4 is 15.4 Å². The Labute approximate surface area is 202 Å². The average molecular weight is 471 g/mol. The summed E-state index contributed by atoms with van der Waals surface area (Å²) >= 11 is 0. The van der Waals surface area contributed by atoms with E-state index in [2.05, 4.69) is 42.9 Å². The SMILES string of the molecule is CN1CCn2nc(NC(=O)c3cccc(CNc4ncc(-c5cn[nH]c5)c5c4CCO5)c3)cc2C1. The molecule has 0 aliphatic carbocycles. The predicted molar refractivity (Wildman–Crippen MR) is 131 cm³/mol. The number of anilines is 2. The van der Waals surface area contributed by atoms with Crippen LogP contribution in [-0.2, 0) is 26.1 Å². The van der Waals surface area contributed by atoms with E-state index in [-0.39, 0.29) is 5.91 Å². The number of rotatable bonds is 6. The van der Waals surface area contributed by atoms with Gasteiger partial charge in [0.15, 0.2) is 5.82 Å². The lowest BCUT2D eigenvalue weighted by Gasteiger charge is -2.22. The van der Waals surface area contributed by atoms with E-state index < -0.39 is 0 Å². The first kappa shape index (κ1) is 21.4. The number of benzene rings is 1. The fraction of sp³-hybridized carbons (Fsp3) is 0.280. The van der Waals surface area contributed by atoms with Crippen molar-refractivity contribution in [1.82, 2.24) is 29.9 Å². The lowest BCUT2D eigenvalue weighted by atomic mass is 10.1. The zero-order valence-electron chi connectivity index (χ0n) is 19.4. The van der Waals surface area contributed by atoms with E-state index in [9.17, 15) is 4.79 Å². The van der Waals surface area contributed by atoms with Gasteiger partial charge in [0.1, 0.15) is 11.6 Å². The number of hydrogen-bond donors (Lipinski definition) is 3. The van der Waals surface area contributed by atoms with E-state index in [1.54, 1.807) is 6.20 Å². The number of H-pyrrole nitrogens is 1. The van der Waals surface area contributed by atoms with Crippen LogP contribution in [0.1, 0.15) is 27.2 Å². The number of likely N-dealkylation sites (N-methyl/N-ethyl adjacent to an activating group) is 1. The molecule has 0 saturated heterocycles. The summed E-state index contributed by atoms with van der Waals surface area (Å²) in [5.41, 5.74) is 5.62. The largest absolute Gasteiger partial charge is 0.492 e. The van der Waals surface area contributed by atoms with E-state index in [0.717, 1.165) is 65.6 Å². The van der Waals surface area contributed by atoms with Gasteiger partial charge >= 0.3 is 0 Å². The summed E-state index contributed by atoms with van der Waals surface area (Å²) in [6.07, 6.45) is 6.20. The summed E-state index contributed by atoms with van der Waals surface area (Å²) in [6.45, 7) is 3.78. The number of pyridine rings is 1. The fourth-order valence-corrected chi connectivity index (χ4v) is 4.60. The third-order valence-electron chi connectivity index (χ3n) is 6.41. The molecule has 0 fully saturated rings. The van der Waals surface area contributed by atoms with E-state index in [4.69, 9.17) is 4.74 Å². The minimum atomic E-state index is -0.174. The fourth-order valence-electron chi connectivity index (χ4n) is 4.60. The summed E-state index contributed by atoms with van der Waals surface area (Å²) in [5, 5.41) is 17.7. The van der Waals surface area contributed by atoms with Gasteiger partial charge in [0.05, 0.1) is 25.0 Å². The second-order valence-corrected chi connectivity index (χ2v) is 8.90. The number of carbonyl (C=O) groups excluding carboxylic acids is 1. The second-order valence-electron chi connectivity index (χ2n) is 8.90. The van der Waals surface area contributed by atoms with Crippen LogP contribution in [0, 0.1) is 0 Å². The molecule has 5 heterocycles. The Hall–Kier alpha value is -4.18. The highest BCUT2D eigenvalue weighted by Gasteiger charge is 2.23. The molecule has 3 N–H and O–H groups in total. The van der Waals surface area contributed by atoms with Crippen molar-refractivity contribution in [3.05, 3.63) is 71.3 Å². The van der Waals surface area contributed by atoms with Gasteiger partial charge in [0.2, 0.25) is 0 Å². The highest BCUT2D eigenvalue weighted by Crippen LogP contribution is 2.39. The van der Waals surface area contributed by atoms with Gasteiger partial charge in [-0.1, -0.05) is 12.1 Å². The van der Waals surface area contributed by atoms with Gasteiger partial charge in [-0.3, -0.25) is 19.5 Å². The van der Waals surface area contributed by atoms with Crippen molar-refractivity contribution < 1.29 is 9.53 Å². The molecule has 6 rings (SSSR count). The van der Waals surface area contributed by atoms with Crippen LogP contribution in [-0.4, -0.2) is 56.0 Å². The first-order valence-corrected chi connectivity index (χ1v) is 11.7. The van der Waals surface area contributed by atoms with Gasteiger partial charge in [-0.25, -0.2) is 4.98 Å². The Kier molecular flexibility index (Phi) is 5.42. The van der Waals surface area contributed by atoms with Crippen LogP contribution in [0.2, 0.25) is 0 Å². The summed E-state index contributed by atoms with van der Waals surface area (Å²) in [6, 6.07) is 9.53. The van der Waals surface area contributed by atoms with Gasteiger partial charge in [-0.2, -0.15) is 10.2 Å². The lowest BCUT2D eigenvalue weighted by Crippen LogP contribution is -2.30. The van der Waals surface area contributed by atoms with Crippen molar-refractivity contribution in [3.8, 4) is 16.9 Å². The molecule has 4 aromatic rings. The van der Waals surface area contributed by atoms with Crippen LogP contribution in [0.25, 0.3) is 11.1 Å². The summed E-state index contributed by atoms with van der Waals surface area (Å²) < 4.78 is 7.87. The van der Waals surface area contributed by atoms with Crippen molar-refractivity contribution in [2.45, 2.75) is 26.1 Å². The third kappa shape index (κ3) is 4.24. The second kappa shape index (κ2) is 8.88. The van der Waals surface area contributed by atoms with Crippen molar-refractivity contribution >= 4 is 17.5 Å². The molecule has 10 nitrogen and oxygen atoms in total. The Morgan fingerprint density at radius 2 is 2.17 bits per heavy atom. The van der Waals surface area contributed by atoms with E-state index in [0.29, 0.717) is 24.5 Å². The normalized spacial score (nSPS) is 14.8. The maximum absolute atomic E-state index is 12.9. The number of fused-ring (bicyclic) bond motifs is 2. The van der Waals surface area contributed by atoms with Crippen molar-refractivity contribution in [2.24, 2.45) is 0 Å². The molecule has 0 spiro atoms. The molecule has 0 atom stereocenters. The number of aromatic amines is 1. The van der Waals surface area contributed by atoms with Crippen molar-refractivity contribution in [1.29, 1.82) is 0 Å². The molecule has 35 heavy (non-hydrogen) atoms. The number of amides is 1. The number of nitrogens with one attached hydrogen (secondary N) is 3. The van der Waals surface area contributed by atoms with Crippen molar-refractivity contribution in [2.75, 3.05) is 30.8 Å². The Balaban J connectivity index is 1.15. The summed E-state index contributed by atoms with van der Waals surface area (Å²) in [4.78, 5) is 19.8. The zero-order valence-corrected chi connectivity index (χ0v) is 19.4. The Morgan fingerprint density at radius 1 is 1.23 bits per heavy atom. The van der Waals surface area contributed by atoms with Crippen LogP contribution in [0.4, 0.5) is 11.6 Å². The molecule has 0 unspecified atom stereocenters. The van der Waals surface area contributed by atoms with Crippen molar-refractivity contribution in [3.63, 3.8) is 0 Å². The van der Waals surface area contributed by atoms with Crippen LogP contribution >= 0.6 is 0 Å². The molecule has 3 aromatic heterocycles. The third-order valence-corrected chi connectivity index (χ3v) is 6.41. The minimum absolute atomic E-state index is 0.174. The first-order valence-electron chi connectivity index (χ1n) is 11.7. The van der Waals surface area contributed by atoms with Gasteiger partial charge in [0.25, 0.3) is 5.91 Å². The molecule has 0 bridgehead atoms. The van der Waals surface area contributed by atoms with Gasteiger partial charge in [0, 0.05) is 66.8 Å². The molecule has 0 radical (unpaired) electrons. The smallest absolute Gasteiger partial charge is 0.256 e. The van der Waals surface area contributed by atoms with E-state index in [1.807, 2.05) is 47.4 Å². The highest BCUT2D eigenvalue weighted by molar-refractivity contribution is 6.03. The van der Waals surface area contributed by atoms with Crippen LogP contribution in [0.5, 0.6) is 5.75 Å². The number of nitrogens with zero attached hydrogens (tertiary/aromatic N) is 5. The van der Waals surface area contributed by atoms with Gasteiger partial charge in [-0.15, -0.1) is 0 Å². The average Bonchev–Trinajstić information content (AvgIpc) is 3.63. The Bertz CT molecular complexity index is 1380. The number of carbonyl (C=O) groups is 1. The minimum Gasteiger partial charge on any atom is -0.492 e. The predicted octanol–water partition coefficient (Wildman–Crippen LogP) is 2.91. The summed E-state index contributed by atoms with van der Waals surface area (Å²) in [5.74, 6) is 2.06. The molecular weight excluding hydrogens is 444 g/mol. The highest BCUT2D eigenvalue weighted by atomic mass is 16.5. The quantitative estimate of drug-likeness (QED) is 0.397. The molecule has 0 saturated carbocycles. The van der Waals surface area contributed by atoms with Crippen LogP contribution in [0.3, 0.4) is 0 Å². The maximum atomic E-state index is 12.9. The molecule has 10 heteroatoms. The topological polar surface area (TPSA) is 113 Å². The molecule has 2 aliphatic rings. The zero-order chi connectivity index (χ0) is 23.8. The van der Waals surface area contributed by atoms with Gasteiger partial charge in [-0.05, 0) is 24.7 Å². The van der Waals surface area contributed by atoms with Gasteiger partial charge < -0.3 is 15.4 Å². The number of hydrogen-bond acceptors (Lipinski definition) is 7. The molecule has 1 amide bonds. The summed E-state index contributed by atoms with van der Waals surface area (Å²) in [7, 11) is 2.08. The maximum Gasteiger partial charge on any atom is 0.256 e. The molecule has 2 aliphatic heterocycles. The molecule has 1 aromatic carbocycles. The van der Waals surface area contributed by atoms with E-state index in [1.165, 1.54) is 0 Å². The van der Waals surface area contributed by atoms with Crippen LogP contribution in [0.15, 0.2) is 48.9 Å². The lowest BCUT2D eigenvalue weighted by molar-refractivity contribution is 0.102. The monoisotopic (exact) mass is 470 g/mol. The number of ether oxygens (including phenoxy) is 1. The first-order chi connectivity index (χ1) is 17.1. The number of aromatic nitrogens is 5. The van der Waals surface area contributed by atoms with E-state index >= 15 is 0 Å². The molecule has 178 valence electrons.